The average Bonchev–Trinajstić information content (AvgIpc) is 3.16. The van der Waals surface area contributed by atoms with E-state index in [0.717, 1.165) is 34.8 Å². The van der Waals surface area contributed by atoms with E-state index in [1.54, 1.807) is 10.9 Å². The molecule has 22 heavy (non-hydrogen) atoms. The fourth-order valence-electron chi connectivity index (χ4n) is 2.54. The molecule has 3 aromatic rings. The maximum atomic E-state index is 12.1. The summed E-state index contributed by atoms with van der Waals surface area (Å²) in [4.78, 5) is 12.1. The molecule has 3 heterocycles. The van der Waals surface area contributed by atoms with Crippen LogP contribution in [0, 0.1) is 13.8 Å². The predicted octanol–water partition coefficient (Wildman–Crippen LogP) is 1.78. The molecule has 0 saturated heterocycles. The third-order valence-corrected chi connectivity index (χ3v) is 3.56. The average molecular weight is 301 g/mol. The molecule has 0 aliphatic heterocycles. The number of hydrogen-bond donors (Lipinski definition) is 1. The van der Waals surface area contributed by atoms with Crippen LogP contribution in [-0.4, -0.2) is 25.5 Å². The SMILES string of the molecule is CCn1nc(C)c2c1cnn2CC(=O)NCc1ccc(C)o1. The summed E-state index contributed by atoms with van der Waals surface area (Å²) in [7, 11) is 0. The first-order valence-electron chi connectivity index (χ1n) is 7.29. The van der Waals surface area contributed by atoms with Crippen LogP contribution in [0.2, 0.25) is 0 Å². The van der Waals surface area contributed by atoms with Crippen LogP contribution < -0.4 is 5.32 Å². The lowest BCUT2D eigenvalue weighted by atomic mass is 10.4. The van der Waals surface area contributed by atoms with Crippen molar-refractivity contribution in [3.8, 4) is 0 Å². The molecule has 3 aromatic heterocycles. The molecule has 0 atom stereocenters. The summed E-state index contributed by atoms with van der Waals surface area (Å²) < 4.78 is 9.00. The molecule has 0 aliphatic carbocycles. The second kappa shape index (κ2) is 5.67. The molecule has 0 bridgehead atoms. The number of aromatic nitrogens is 4. The standard InChI is InChI=1S/C15H19N5O2/c1-4-19-13-8-17-20(15(13)11(3)18-19)9-14(21)16-7-12-6-5-10(2)22-12/h5-6,8H,4,7,9H2,1-3H3,(H,16,21). The fourth-order valence-corrected chi connectivity index (χ4v) is 2.54. The van der Waals surface area contributed by atoms with Crippen molar-refractivity contribution in [2.75, 3.05) is 0 Å². The third kappa shape index (κ3) is 2.61. The van der Waals surface area contributed by atoms with Gasteiger partial charge in [0.05, 0.1) is 18.4 Å². The Kier molecular flexibility index (Phi) is 3.70. The maximum absolute atomic E-state index is 12.1. The van der Waals surface area contributed by atoms with E-state index in [0.29, 0.717) is 6.54 Å². The van der Waals surface area contributed by atoms with Crippen LogP contribution in [0.4, 0.5) is 0 Å². The molecule has 0 unspecified atom stereocenters. The molecule has 1 N–H and O–H groups in total. The van der Waals surface area contributed by atoms with Gasteiger partial charge in [-0.05, 0) is 32.9 Å². The number of rotatable bonds is 5. The molecule has 7 nitrogen and oxygen atoms in total. The fraction of sp³-hybridized carbons (Fsp3) is 0.400. The van der Waals surface area contributed by atoms with E-state index in [1.807, 2.05) is 37.6 Å². The van der Waals surface area contributed by atoms with Gasteiger partial charge in [0.25, 0.3) is 0 Å². The van der Waals surface area contributed by atoms with Gasteiger partial charge in [0.15, 0.2) is 0 Å². The van der Waals surface area contributed by atoms with Gasteiger partial charge in [-0.15, -0.1) is 0 Å². The Morgan fingerprint density at radius 1 is 1.32 bits per heavy atom. The monoisotopic (exact) mass is 301 g/mol. The minimum atomic E-state index is -0.109. The maximum Gasteiger partial charge on any atom is 0.242 e. The van der Waals surface area contributed by atoms with E-state index < -0.39 is 0 Å². The summed E-state index contributed by atoms with van der Waals surface area (Å²) in [6.07, 6.45) is 1.75. The summed E-state index contributed by atoms with van der Waals surface area (Å²) in [5, 5.41) is 11.6. The van der Waals surface area contributed by atoms with E-state index in [1.165, 1.54) is 0 Å². The Balaban J connectivity index is 1.70. The summed E-state index contributed by atoms with van der Waals surface area (Å²) >= 11 is 0. The van der Waals surface area contributed by atoms with Crippen LogP contribution in [0.1, 0.15) is 24.1 Å². The van der Waals surface area contributed by atoms with Crippen molar-refractivity contribution >= 4 is 16.9 Å². The van der Waals surface area contributed by atoms with E-state index in [9.17, 15) is 4.79 Å². The zero-order valence-electron chi connectivity index (χ0n) is 13.0. The van der Waals surface area contributed by atoms with Gasteiger partial charge >= 0.3 is 0 Å². The number of aryl methyl sites for hydroxylation is 3. The zero-order chi connectivity index (χ0) is 15.7. The summed E-state index contributed by atoms with van der Waals surface area (Å²) in [6.45, 7) is 7.15. The van der Waals surface area contributed by atoms with Crippen molar-refractivity contribution in [2.24, 2.45) is 0 Å². The largest absolute Gasteiger partial charge is 0.465 e. The molecule has 0 saturated carbocycles. The number of amides is 1. The lowest BCUT2D eigenvalue weighted by Gasteiger charge is -2.04. The van der Waals surface area contributed by atoms with E-state index in [2.05, 4.69) is 15.5 Å². The predicted molar refractivity (Wildman–Crippen MR) is 81.2 cm³/mol. The summed E-state index contributed by atoms with van der Waals surface area (Å²) in [5.74, 6) is 1.47. The van der Waals surface area contributed by atoms with Gasteiger partial charge in [0.2, 0.25) is 5.91 Å². The van der Waals surface area contributed by atoms with Gasteiger partial charge in [0, 0.05) is 6.54 Å². The Morgan fingerprint density at radius 2 is 2.14 bits per heavy atom. The van der Waals surface area contributed by atoms with Crippen LogP contribution in [-0.2, 0) is 24.4 Å². The van der Waals surface area contributed by atoms with Crippen LogP contribution >= 0.6 is 0 Å². The van der Waals surface area contributed by atoms with E-state index in [-0.39, 0.29) is 12.5 Å². The van der Waals surface area contributed by atoms with Crippen LogP contribution in [0.25, 0.3) is 11.0 Å². The molecular formula is C15H19N5O2. The molecule has 0 aromatic carbocycles. The Bertz CT molecular complexity index is 811. The molecule has 116 valence electrons. The van der Waals surface area contributed by atoms with Crippen molar-refractivity contribution in [3.05, 3.63) is 35.5 Å². The second-order valence-corrected chi connectivity index (χ2v) is 5.23. The zero-order valence-corrected chi connectivity index (χ0v) is 13.0. The first-order valence-corrected chi connectivity index (χ1v) is 7.29. The lowest BCUT2D eigenvalue weighted by molar-refractivity contribution is -0.122. The first-order chi connectivity index (χ1) is 10.6. The Hall–Kier alpha value is -2.57. The number of fused-ring (bicyclic) bond motifs is 1. The van der Waals surface area contributed by atoms with Gasteiger partial charge in [-0.1, -0.05) is 0 Å². The first kappa shape index (κ1) is 14.4. The quantitative estimate of drug-likeness (QED) is 0.779. The Labute approximate surface area is 127 Å². The molecule has 3 rings (SSSR count). The highest BCUT2D eigenvalue weighted by atomic mass is 16.3. The normalized spacial score (nSPS) is 11.2. The number of nitrogens with zero attached hydrogens (tertiary/aromatic N) is 4. The van der Waals surface area contributed by atoms with Crippen LogP contribution in [0.5, 0.6) is 0 Å². The highest BCUT2D eigenvalue weighted by Gasteiger charge is 2.14. The number of carbonyl (C=O) groups is 1. The third-order valence-electron chi connectivity index (χ3n) is 3.56. The molecule has 1 amide bonds. The highest BCUT2D eigenvalue weighted by molar-refractivity contribution is 5.81. The lowest BCUT2D eigenvalue weighted by Crippen LogP contribution is -2.27. The molecular weight excluding hydrogens is 282 g/mol. The van der Waals surface area contributed by atoms with Crippen molar-refractivity contribution in [2.45, 2.75) is 40.4 Å². The van der Waals surface area contributed by atoms with Gasteiger partial charge in [-0.2, -0.15) is 10.2 Å². The molecule has 0 spiro atoms. The highest BCUT2D eigenvalue weighted by Crippen LogP contribution is 2.17. The number of nitrogens with one attached hydrogen (secondary N) is 1. The van der Waals surface area contributed by atoms with Crippen molar-refractivity contribution < 1.29 is 9.21 Å². The van der Waals surface area contributed by atoms with Crippen LogP contribution in [0.15, 0.2) is 22.7 Å². The van der Waals surface area contributed by atoms with Gasteiger partial charge in [0.1, 0.15) is 29.1 Å². The van der Waals surface area contributed by atoms with Crippen molar-refractivity contribution in [3.63, 3.8) is 0 Å². The number of carbonyl (C=O) groups excluding carboxylic acids is 1. The molecule has 0 aliphatic rings. The van der Waals surface area contributed by atoms with E-state index in [4.69, 9.17) is 4.42 Å². The minimum Gasteiger partial charge on any atom is -0.465 e. The molecule has 7 heteroatoms. The topological polar surface area (TPSA) is 77.9 Å². The molecule has 0 fully saturated rings. The summed E-state index contributed by atoms with van der Waals surface area (Å²) in [5.41, 5.74) is 2.74. The van der Waals surface area contributed by atoms with Gasteiger partial charge in [-0.3, -0.25) is 14.2 Å². The summed E-state index contributed by atoms with van der Waals surface area (Å²) in [6, 6.07) is 3.73. The Morgan fingerprint density at radius 3 is 2.82 bits per heavy atom. The second-order valence-electron chi connectivity index (χ2n) is 5.23. The smallest absolute Gasteiger partial charge is 0.242 e. The number of furan rings is 1. The van der Waals surface area contributed by atoms with Crippen LogP contribution in [0.3, 0.4) is 0 Å². The minimum absolute atomic E-state index is 0.109. The van der Waals surface area contributed by atoms with Crippen molar-refractivity contribution in [1.29, 1.82) is 0 Å². The van der Waals surface area contributed by atoms with E-state index >= 15 is 0 Å². The number of hydrogen-bond acceptors (Lipinski definition) is 4. The van der Waals surface area contributed by atoms with Crippen molar-refractivity contribution in [1.82, 2.24) is 24.9 Å². The van der Waals surface area contributed by atoms with Gasteiger partial charge < -0.3 is 9.73 Å². The van der Waals surface area contributed by atoms with Gasteiger partial charge in [-0.25, -0.2) is 0 Å². The molecule has 0 radical (unpaired) electrons.